The van der Waals surface area contributed by atoms with E-state index in [4.69, 9.17) is 4.74 Å². The summed E-state index contributed by atoms with van der Waals surface area (Å²) in [6, 6.07) is 3.25. The molecule has 0 aliphatic carbocycles. The van der Waals surface area contributed by atoms with Gasteiger partial charge >= 0.3 is 5.97 Å². The summed E-state index contributed by atoms with van der Waals surface area (Å²) in [5.41, 5.74) is 0.872. The number of hydrogen-bond donors (Lipinski definition) is 0. The van der Waals surface area contributed by atoms with Crippen molar-refractivity contribution in [1.29, 1.82) is 0 Å². The van der Waals surface area contributed by atoms with Gasteiger partial charge in [-0.15, -0.1) is 0 Å². The maximum atomic E-state index is 11.4. The van der Waals surface area contributed by atoms with Crippen LogP contribution in [0.25, 0.3) is 0 Å². The Morgan fingerprint density at radius 2 is 2.31 bits per heavy atom. The van der Waals surface area contributed by atoms with Crippen LogP contribution in [0.5, 0.6) is 0 Å². The van der Waals surface area contributed by atoms with Crippen molar-refractivity contribution in [3.8, 4) is 0 Å². The average Bonchev–Trinajstić information content (AvgIpc) is 2.30. The minimum Gasteiger partial charge on any atom is -0.467 e. The second kappa shape index (κ2) is 6.00. The Morgan fingerprint density at radius 3 is 2.81 bits per heavy atom. The van der Waals surface area contributed by atoms with Gasteiger partial charge in [0.05, 0.1) is 7.11 Å². The monoisotopic (exact) mass is 220 g/mol. The van der Waals surface area contributed by atoms with Crippen molar-refractivity contribution in [1.82, 2.24) is 4.98 Å². The molecule has 0 fully saturated rings. The van der Waals surface area contributed by atoms with Gasteiger partial charge in [-0.3, -0.25) is 9.98 Å². The molecule has 1 rings (SSSR count). The van der Waals surface area contributed by atoms with E-state index in [0.29, 0.717) is 0 Å². The molecule has 1 heterocycles. The molecule has 0 aliphatic heterocycles. The van der Waals surface area contributed by atoms with E-state index in [-0.39, 0.29) is 11.9 Å². The van der Waals surface area contributed by atoms with Crippen molar-refractivity contribution in [3.05, 3.63) is 30.1 Å². The largest absolute Gasteiger partial charge is 0.467 e. The lowest BCUT2D eigenvalue weighted by Crippen LogP contribution is -2.25. The molecule has 1 aromatic rings. The maximum Gasteiger partial charge on any atom is 0.330 e. The molecule has 4 nitrogen and oxygen atoms in total. The number of esters is 1. The topological polar surface area (TPSA) is 51.5 Å². The van der Waals surface area contributed by atoms with Crippen LogP contribution in [0.1, 0.15) is 19.4 Å². The number of hydrogen-bond acceptors (Lipinski definition) is 4. The molecule has 0 radical (unpaired) electrons. The highest BCUT2D eigenvalue weighted by Crippen LogP contribution is 2.08. The molecule has 4 heteroatoms. The summed E-state index contributed by atoms with van der Waals surface area (Å²) in [4.78, 5) is 19.6. The Balaban J connectivity index is 2.76. The summed E-state index contributed by atoms with van der Waals surface area (Å²) in [5, 5.41) is 0. The molecule has 0 aliphatic rings. The number of carbonyl (C=O) groups excluding carboxylic acids is 1. The fourth-order valence-corrected chi connectivity index (χ4v) is 1.24. The van der Waals surface area contributed by atoms with Gasteiger partial charge in [0.2, 0.25) is 0 Å². The zero-order valence-corrected chi connectivity index (χ0v) is 9.75. The van der Waals surface area contributed by atoms with Crippen LogP contribution < -0.4 is 0 Å². The van der Waals surface area contributed by atoms with Crippen LogP contribution in [0, 0.1) is 5.92 Å². The number of nitrogens with zero attached hydrogens (tertiary/aromatic N) is 2. The Kier molecular flexibility index (Phi) is 4.64. The van der Waals surface area contributed by atoms with Crippen molar-refractivity contribution in [3.63, 3.8) is 0 Å². The predicted octanol–water partition coefficient (Wildman–Crippen LogP) is 1.70. The molecule has 1 atom stereocenters. The van der Waals surface area contributed by atoms with Crippen molar-refractivity contribution in [2.75, 3.05) is 7.11 Å². The van der Waals surface area contributed by atoms with E-state index in [1.807, 2.05) is 26.0 Å². The molecular weight excluding hydrogens is 204 g/mol. The zero-order chi connectivity index (χ0) is 12.0. The van der Waals surface area contributed by atoms with Gasteiger partial charge in [0.15, 0.2) is 0 Å². The summed E-state index contributed by atoms with van der Waals surface area (Å²) in [7, 11) is 1.37. The van der Waals surface area contributed by atoms with Crippen molar-refractivity contribution < 1.29 is 9.53 Å². The van der Waals surface area contributed by atoms with E-state index in [9.17, 15) is 4.79 Å². The molecule has 0 spiro atoms. The molecule has 0 saturated carbocycles. The third kappa shape index (κ3) is 3.46. The molecule has 1 unspecified atom stereocenters. The fraction of sp³-hybridized carbons (Fsp3) is 0.417. The van der Waals surface area contributed by atoms with Crippen LogP contribution in [-0.2, 0) is 9.53 Å². The van der Waals surface area contributed by atoms with Crippen LogP contribution in [0.2, 0.25) is 0 Å². The first-order valence-corrected chi connectivity index (χ1v) is 5.16. The highest BCUT2D eigenvalue weighted by atomic mass is 16.5. The molecular formula is C12H16N2O2. The van der Waals surface area contributed by atoms with Gasteiger partial charge in [0, 0.05) is 24.2 Å². The number of carbonyl (C=O) groups is 1. The second-order valence-electron chi connectivity index (χ2n) is 3.78. The van der Waals surface area contributed by atoms with Gasteiger partial charge in [-0.25, -0.2) is 4.79 Å². The quantitative estimate of drug-likeness (QED) is 0.573. The molecule has 86 valence electrons. The standard InChI is InChI=1S/C12H16N2O2/c1-9(2)11(12(15)16-3)14-8-10-5-4-6-13-7-10/h4-9,11H,1-3H3. The van der Waals surface area contributed by atoms with Crippen LogP contribution in [0.3, 0.4) is 0 Å². The number of rotatable bonds is 4. The van der Waals surface area contributed by atoms with Crippen molar-refractivity contribution >= 4 is 12.2 Å². The van der Waals surface area contributed by atoms with Gasteiger partial charge in [-0.05, 0) is 12.0 Å². The molecule has 16 heavy (non-hydrogen) atoms. The number of pyridine rings is 1. The lowest BCUT2D eigenvalue weighted by Gasteiger charge is -2.13. The Morgan fingerprint density at radius 1 is 1.56 bits per heavy atom. The normalized spacial score (nSPS) is 13.0. The molecule has 0 saturated heterocycles. The summed E-state index contributed by atoms with van der Waals surface area (Å²) in [6.45, 7) is 3.87. The van der Waals surface area contributed by atoms with Crippen molar-refractivity contribution in [2.45, 2.75) is 19.9 Å². The Bertz CT molecular complexity index is 361. The van der Waals surface area contributed by atoms with E-state index in [1.54, 1.807) is 18.6 Å². The van der Waals surface area contributed by atoms with E-state index >= 15 is 0 Å². The first-order chi connectivity index (χ1) is 7.65. The number of aliphatic imine (C=N–C) groups is 1. The zero-order valence-electron chi connectivity index (χ0n) is 9.75. The SMILES string of the molecule is COC(=O)C(N=Cc1cccnc1)C(C)C. The highest BCUT2D eigenvalue weighted by Gasteiger charge is 2.20. The summed E-state index contributed by atoms with van der Waals surface area (Å²) < 4.78 is 4.69. The fourth-order valence-electron chi connectivity index (χ4n) is 1.24. The third-order valence-corrected chi connectivity index (χ3v) is 2.14. The van der Waals surface area contributed by atoms with Crippen LogP contribution in [0.4, 0.5) is 0 Å². The second-order valence-corrected chi connectivity index (χ2v) is 3.78. The third-order valence-electron chi connectivity index (χ3n) is 2.14. The predicted molar refractivity (Wildman–Crippen MR) is 62.5 cm³/mol. The van der Waals surface area contributed by atoms with Gasteiger partial charge < -0.3 is 4.74 Å². The van der Waals surface area contributed by atoms with Crippen molar-refractivity contribution in [2.24, 2.45) is 10.9 Å². The minimum atomic E-state index is -0.454. The Hall–Kier alpha value is -1.71. The lowest BCUT2D eigenvalue weighted by atomic mass is 10.1. The first-order valence-electron chi connectivity index (χ1n) is 5.16. The molecule has 0 N–H and O–H groups in total. The number of aromatic nitrogens is 1. The lowest BCUT2D eigenvalue weighted by molar-refractivity contribution is -0.143. The molecule has 0 amide bonds. The summed E-state index contributed by atoms with van der Waals surface area (Å²) in [6.07, 6.45) is 5.03. The summed E-state index contributed by atoms with van der Waals surface area (Å²) in [5.74, 6) is -0.199. The minimum absolute atomic E-state index is 0.111. The van der Waals surface area contributed by atoms with Gasteiger partial charge in [0.1, 0.15) is 6.04 Å². The van der Waals surface area contributed by atoms with Crippen LogP contribution in [-0.4, -0.2) is 30.3 Å². The molecule has 0 bridgehead atoms. The average molecular weight is 220 g/mol. The van der Waals surface area contributed by atoms with E-state index < -0.39 is 6.04 Å². The summed E-state index contributed by atoms with van der Waals surface area (Å²) >= 11 is 0. The number of methoxy groups -OCH3 is 1. The van der Waals surface area contributed by atoms with Gasteiger partial charge in [0.25, 0.3) is 0 Å². The van der Waals surface area contributed by atoms with E-state index in [1.165, 1.54) is 7.11 Å². The van der Waals surface area contributed by atoms with E-state index in [2.05, 4.69) is 9.98 Å². The first kappa shape index (κ1) is 12.4. The smallest absolute Gasteiger partial charge is 0.330 e. The van der Waals surface area contributed by atoms with Crippen LogP contribution in [0.15, 0.2) is 29.5 Å². The maximum absolute atomic E-state index is 11.4. The van der Waals surface area contributed by atoms with Gasteiger partial charge in [-0.1, -0.05) is 19.9 Å². The van der Waals surface area contributed by atoms with E-state index in [0.717, 1.165) is 5.56 Å². The number of ether oxygens (including phenoxy) is 1. The Labute approximate surface area is 95.4 Å². The molecule has 1 aromatic heterocycles. The molecule has 0 aromatic carbocycles. The van der Waals surface area contributed by atoms with Crippen LogP contribution >= 0.6 is 0 Å². The highest BCUT2D eigenvalue weighted by molar-refractivity contribution is 5.83. The van der Waals surface area contributed by atoms with Gasteiger partial charge in [-0.2, -0.15) is 0 Å².